The molecule has 0 spiro atoms. The predicted molar refractivity (Wildman–Crippen MR) is 95.8 cm³/mol. The standard InChI is InChI=1S/C17H16BrN5O2/c1-25-15-9-5-2-6-12(15)10-19-16(24)11-23-21-17(20-22-23)13-7-3-4-8-14(13)18/h2-9H,10-11H2,1H3,(H,19,24). The molecule has 0 radical (unpaired) electrons. The number of carbonyl (C=O) groups is 1. The predicted octanol–water partition coefficient (Wildman–Crippen LogP) is 2.43. The zero-order chi connectivity index (χ0) is 17.6. The highest BCUT2D eigenvalue weighted by molar-refractivity contribution is 9.10. The first-order valence-electron chi connectivity index (χ1n) is 7.58. The van der Waals surface area contributed by atoms with Gasteiger partial charge in [-0.15, -0.1) is 10.2 Å². The van der Waals surface area contributed by atoms with Crippen molar-refractivity contribution in [3.05, 3.63) is 58.6 Å². The van der Waals surface area contributed by atoms with Crippen LogP contribution in [0, 0.1) is 0 Å². The molecule has 2 aromatic carbocycles. The van der Waals surface area contributed by atoms with Gasteiger partial charge in [-0.05, 0) is 23.4 Å². The number of rotatable bonds is 6. The number of nitrogens with zero attached hydrogens (tertiary/aromatic N) is 4. The normalized spacial score (nSPS) is 10.5. The third-order valence-electron chi connectivity index (χ3n) is 3.52. The molecule has 25 heavy (non-hydrogen) atoms. The number of hydrogen-bond donors (Lipinski definition) is 1. The lowest BCUT2D eigenvalue weighted by Gasteiger charge is -2.09. The van der Waals surface area contributed by atoms with Crippen LogP contribution in [0.2, 0.25) is 0 Å². The zero-order valence-electron chi connectivity index (χ0n) is 13.5. The first-order chi connectivity index (χ1) is 12.2. The number of hydrogen-bond acceptors (Lipinski definition) is 5. The van der Waals surface area contributed by atoms with E-state index >= 15 is 0 Å². The topological polar surface area (TPSA) is 81.9 Å². The molecule has 0 fully saturated rings. The highest BCUT2D eigenvalue weighted by Gasteiger charge is 2.11. The molecule has 1 heterocycles. The average Bonchev–Trinajstić information content (AvgIpc) is 3.08. The van der Waals surface area contributed by atoms with Crippen molar-refractivity contribution in [1.82, 2.24) is 25.5 Å². The van der Waals surface area contributed by atoms with Crippen molar-refractivity contribution in [2.45, 2.75) is 13.1 Å². The van der Waals surface area contributed by atoms with Crippen LogP contribution >= 0.6 is 15.9 Å². The molecule has 0 bridgehead atoms. The maximum atomic E-state index is 12.1. The molecule has 3 rings (SSSR count). The number of tetrazole rings is 1. The van der Waals surface area contributed by atoms with Crippen LogP contribution in [0.3, 0.4) is 0 Å². The average molecular weight is 402 g/mol. The van der Waals surface area contributed by atoms with Gasteiger partial charge in [0.1, 0.15) is 12.3 Å². The molecule has 0 saturated carbocycles. The van der Waals surface area contributed by atoms with E-state index in [0.29, 0.717) is 12.4 Å². The van der Waals surface area contributed by atoms with E-state index in [0.717, 1.165) is 21.3 Å². The Labute approximate surface area is 153 Å². The van der Waals surface area contributed by atoms with Crippen molar-refractivity contribution in [2.24, 2.45) is 0 Å². The second-order valence-corrected chi connectivity index (χ2v) is 6.07. The van der Waals surface area contributed by atoms with Gasteiger partial charge in [-0.25, -0.2) is 0 Å². The summed E-state index contributed by atoms with van der Waals surface area (Å²) < 4.78 is 6.13. The lowest BCUT2D eigenvalue weighted by molar-refractivity contribution is -0.122. The van der Waals surface area contributed by atoms with Crippen LogP contribution < -0.4 is 10.1 Å². The highest BCUT2D eigenvalue weighted by atomic mass is 79.9. The molecule has 128 valence electrons. The lowest BCUT2D eigenvalue weighted by Crippen LogP contribution is -2.28. The number of carbonyl (C=O) groups excluding carboxylic acids is 1. The summed E-state index contributed by atoms with van der Waals surface area (Å²) in [7, 11) is 1.60. The van der Waals surface area contributed by atoms with E-state index < -0.39 is 0 Å². The maximum absolute atomic E-state index is 12.1. The van der Waals surface area contributed by atoms with Gasteiger partial charge in [-0.2, -0.15) is 4.80 Å². The van der Waals surface area contributed by atoms with Gasteiger partial charge in [0.2, 0.25) is 11.7 Å². The number of para-hydroxylation sites is 1. The van der Waals surface area contributed by atoms with Crippen LogP contribution in [-0.2, 0) is 17.9 Å². The van der Waals surface area contributed by atoms with Gasteiger partial charge >= 0.3 is 0 Å². The minimum Gasteiger partial charge on any atom is -0.496 e. The fourth-order valence-corrected chi connectivity index (χ4v) is 2.75. The Balaban J connectivity index is 1.61. The van der Waals surface area contributed by atoms with Crippen molar-refractivity contribution in [3.8, 4) is 17.1 Å². The molecule has 8 heteroatoms. The van der Waals surface area contributed by atoms with Gasteiger partial charge in [0, 0.05) is 22.1 Å². The van der Waals surface area contributed by atoms with Crippen molar-refractivity contribution in [3.63, 3.8) is 0 Å². The van der Waals surface area contributed by atoms with Gasteiger partial charge in [-0.1, -0.05) is 46.3 Å². The molecule has 1 aromatic heterocycles. The quantitative estimate of drug-likeness (QED) is 0.685. The Bertz CT molecular complexity index is 881. The number of ether oxygens (including phenoxy) is 1. The molecule has 0 saturated heterocycles. The van der Waals surface area contributed by atoms with E-state index in [1.165, 1.54) is 4.80 Å². The summed E-state index contributed by atoms with van der Waals surface area (Å²) in [5.41, 5.74) is 1.72. The largest absolute Gasteiger partial charge is 0.496 e. The minimum atomic E-state index is -0.206. The van der Waals surface area contributed by atoms with E-state index in [1.807, 2.05) is 48.5 Å². The molecule has 0 aliphatic heterocycles. The van der Waals surface area contributed by atoms with Crippen LogP contribution in [0.1, 0.15) is 5.56 Å². The van der Waals surface area contributed by atoms with Gasteiger partial charge < -0.3 is 10.1 Å². The van der Waals surface area contributed by atoms with E-state index in [9.17, 15) is 4.79 Å². The monoisotopic (exact) mass is 401 g/mol. The highest BCUT2D eigenvalue weighted by Crippen LogP contribution is 2.24. The third kappa shape index (κ3) is 4.21. The Kier molecular flexibility index (Phi) is 5.39. The molecule has 1 N–H and O–H groups in total. The van der Waals surface area contributed by atoms with Gasteiger partial charge in [0.25, 0.3) is 0 Å². The number of amides is 1. The van der Waals surface area contributed by atoms with Gasteiger partial charge in [0.05, 0.1) is 7.11 Å². The van der Waals surface area contributed by atoms with E-state index in [4.69, 9.17) is 4.74 Å². The molecule has 0 aliphatic rings. The molecule has 0 atom stereocenters. The van der Waals surface area contributed by atoms with E-state index in [-0.39, 0.29) is 12.5 Å². The molecule has 7 nitrogen and oxygen atoms in total. The van der Waals surface area contributed by atoms with Crippen molar-refractivity contribution < 1.29 is 9.53 Å². The van der Waals surface area contributed by atoms with E-state index in [2.05, 4.69) is 36.7 Å². The SMILES string of the molecule is COc1ccccc1CNC(=O)Cn1nnc(-c2ccccc2Br)n1. The Hall–Kier alpha value is -2.74. The third-order valence-corrected chi connectivity index (χ3v) is 4.21. The van der Waals surface area contributed by atoms with Crippen LogP contribution in [0.5, 0.6) is 5.75 Å². The second-order valence-electron chi connectivity index (χ2n) is 5.21. The van der Waals surface area contributed by atoms with Crippen molar-refractivity contribution in [1.29, 1.82) is 0 Å². The molecule has 0 unspecified atom stereocenters. The molecule has 3 aromatic rings. The molecular formula is C17H16BrN5O2. The lowest BCUT2D eigenvalue weighted by atomic mass is 10.2. The number of methoxy groups -OCH3 is 1. The van der Waals surface area contributed by atoms with Crippen LogP contribution in [0.4, 0.5) is 0 Å². The van der Waals surface area contributed by atoms with Gasteiger partial charge in [0.15, 0.2) is 0 Å². The fourth-order valence-electron chi connectivity index (χ4n) is 2.29. The maximum Gasteiger partial charge on any atom is 0.243 e. The molecule has 0 aliphatic carbocycles. The first kappa shape index (κ1) is 17.1. The number of halogens is 1. The minimum absolute atomic E-state index is 0.00734. The zero-order valence-corrected chi connectivity index (χ0v) is 15.1. The Morgan fingerprint density at radius 1 is 1.20 bits per heavy atom. The summed E-state index contributed by atoms with van der Waals surface area (Å²) in [5, 5.41) is 15.0. The Morgan fingerprint density at radius 3 is 2.76 bits per heavy atom. The Morgan fingerprint density at radius 2 is 1.96 bits per heavy atom. The molecule has 1 amide bonds. The summed E-state index contributed by atoms with van der Waals surface area (Å²) in [6.07, 6.45) is 0. The fraction of sp³-hybridized carbons (Fsp3) is 0.176. The van der Waals surface area contributed by atoms with Crippen molar-refractivity contribution >= 4 is 21.8 Å². The van der Waals surface area contributed by atoms with Crippen molar-refractivity contribution in [2.75, 3.05) is 7.11 Å². The summed E-state index contributed by atoms with van der Waals surface area (Å²) in [6, 6.07) is 15.1. The summed E-state index contributed by atoms with van der Waals surface area (Å²) in [6.45, 7) is 0.362. The van der Waals surface area contributed by atoms with Crippen LogP contribution in [-0.4, -0.2) is 33.2 Å². The van der Waals surface area contributed by atoms with E-state index in [1.54, 1.807) is 7.11 Å². The summed E-state index contributed by atoms with van der Waals surface area (Å²) >= 11 is 3.45. The smallest absolute Gasteiger partial charge is 0.243 e. The summed E-state index contributed by atoms with van der Waals surface area (Å²) in [4.78, 5) is 13.4. The number of aromatic nitrogens is 4. The number of benzene rings is 2. The van der Waals surface area contributed by atoms with Crippen LogP contribution in [0.25, 0.3) is 11.4 Å². The van der Waals surface area contributed by atoms with Gasteiger partial charge in [-0.3, -0.25) is 4.79 Å². The first-order valence-corrected chi connectivity index (χ1v) is 8.38. The molecular weight excluding hydrogens is 386 g/mol. The number of nitrogens with one attached hydrogen (secondary N) is 1. The van der Waals surface area contributed by atoms with Crippen LogP contribution in [0.15, 0.2) is 53.0 Å². The second kappa shape index (κ2) is 7.89. The summed E-state index contributed by atoms with van der Waals surface area (Å²) in [5.74, 6) is 0.991.